The van der Waals surface area contributed by atoms with Crippen LogP contribution in [0.1, 0.15) is 33.1 Å². The molecular formula is C10H16O. The van der Waals surface area contributed by atoms with Crippen molar-refractivity contribution < 1.29 is 4.79 Å². The van der Waals surface area contributed by atoms with Gasteiger partial charge in [-0.05, 0) is 25.8 Å². The van der Waals surface area contributed by atoms with Crippen LogP contribution in [0.3, 0.4) is 0 Å². The Balaban J connectivity index is 3.60. The van der Waals surface area contributed by atoms with Gasteiger partial charge < -0.3 is 0 Å². The first-order valence-electron chi connectivity index (χ1n) is 4.03. The minimum atomic E-state index is 0.0858. The molecule has 0 unspecified atom stereocenters. The fourth-order valence-electron chi connectivity index (χ4n) is 0.722. The fourth-order valence-corrected chi connectivity index (χ4v) is 0.722. The first kappa shape index (κ1) is 10.2. The topological polar surface area (TPSA) is 17.1 Å². The number of carbonyl (C=O) groups is 1. The van der Waals surface area contributed by atoms with Gasteiger partial charge in [-0.15, -0.1) is 0 Å². The van der Waals surface area contributed by atoms with Crippen LogP contribution in [0.4, 0.5) is 0 Å². The van der Waals surface area contributed by atoms with Crippen molar-refractivity contribution in [1.82, 2.24) is 0 Å². The minimum Gasteiger partial charge on any atom is -0.295 e. The van der Waals surface area contributed by atoms with Crippen LogP contribution in [-0.2, 0) is 4.79 Å². The number of unbranched alkanes of at least 4 members (excludes halogenated alkanes) is 1. The molecule has 0 rings (SSSR count). The van der Waals surface area contributed by atoms with Crippen LogP contribution >= 0.6 is 0 Å². The van der Waals surface area contributed by atoms with Crippen molar-refractivity contribution in [1.29, 1.82) is 0 Å². The largest absolute Gasteiger partial charge is 0.295 e. The van der Waals surface area contributed by atoms with Crippen LogP contribution in [0, 0.1) is 0 Å². The van der Waals surface area contributed by atoms with Crippen molar-refractivity contribution in [3.05, 3.63) is 24.3 Å². The Bertz CT molecular complexity index is 166. The highest BCUT2D eigenvalue weighted by molar-refractivity contribution is 5.87. The Labute approximate surface area is 68.8 Å². The Hall–Kier alpha value is -0.850. The average Bonchev–Trinajstić information content (AvgIpc) is 1.97. The maximum Gasteiger partial charge on any atom is 0.152 e. The summed E-state index contributed by atoms with van der Waals surface area (Å²) in [7, 11) is 0. The molecular weight excluding hydrogens is 136 g/mol. The Morgan fingerprint density at radius 2 is 2.09 bits per heavy atom. The van der Waals surface area contributed by atoms with Gasteiger partial charge in [0.15, 0.2) is 5.78 Å². The molecule has 0 amide bonds. The molecule has 11 heavy (non-hydrogen) atoms. The van der Waals surface area contributed by atoms with Crippen LogP contribution in [0.15, 0.2) is 24.3 Å². The van der Waals surface area contributed by atoms with E-state index in [0.717, 1.165) is 18.4 Å². The van der Waals surface area contributed by atoms with Crippen LogP contribution in [0.25, 0.3) is 0 Å². The third-order valence-electron chi connectivity index (χ3n) is 1.41. The molecule has 0 aromatic carbocycles. The van der Waals surface area contributed by atoms with Gasteiger partial charge in [-0.3, -0.25) is 4.79 Å². The predicted molar refractivity (Wildman–Crippen MR) is 48.5 cm³/mol. The summed E-state index contributed by atoms with van der Waals surface area (Å²) in [6, 6.07) is 0. The van der Waals surface area contributed by atoms with E-state index in [-0.39, 0.29) is 5.78 Å². The van der Waals surface area contributed by atoms with Crippen molar-refractivity contribution in [3.8, 4) is 0 Å². The lowest BCUT2D eigenvalue weighted by molar-refractivity contribution is -0.112. The van der Waals surface area contributed by atoms with E-state index in [2.05, 4.69) is 13.5 Å². The van der Waals surface area contributed by atoms with Gasteiger partial charge in [-0.1, -0.05) is 31.6 Å². The maximum absolute atomic E-state index is 10.5. The molecule has 0 saturated heterocycles. The molecule has 0 aliphatic rings. The molecule has 0 aliphatic carbocycles. The molecule has 0 heterocycles. The van der Waals surface area contributed by atoms with Gasteiger partial charge in [0.25, 0.3) is 0 Å². The number of hydrogen-bond donors (Lipinski definition) is 0. The highest BCUT2D eigenvalue weighted by atomic mass is 16.1. The summed E-state index contributed by atoms with van der Waals surface area (Å²) in [6.07, 6.45) is 6.70. The van der Waals surface area contributed by atoms with Gasteiger partial charge in [0.1, 0.15) is 0 Å². The number of carbonyl (C=O) groups excluding carboxylic acids is 1. The summed E-state index contributed by atoms with van der Waals surface area (Å²) in [4.78, 5) is 10.5. The molecule has 0 spiro atoms. The lowest BCUT2D eigenvalue weighted by Gasteiger charge is -1.95. The summed E-state index contributed by atoms with van der Waals surface area (Å²) in [5.41, 5.74) is 1.04. The van der Waals surface area contributed by atoms with Crippen molar-refractivity contribution >= 4 is 5.78 Å². The normalized spacial score (nSPS) is 10.4. The summed E-state index contributed by atoms with van der Waals surface area (Å²) in [6.45, 7) is 7.51. The summed E-state index contributed by atoms with van der Waals surface area (Å²) < 4.78 is 0. The number of ketones is 1. The number of rotatable bonds is 5. The molecule has 0 saturated carbocycles. The lowest BCUT2D eigenvalue weighted by atomic mass is 10.1. The SMILES string of the molecule is C=C(/C=C\C(C)=O)CCCC. The highest BCUT2D eigenvalue weighted by Gasteiger charge is 1.88. The van der Waals surface area contributed by atoms with Crippen LogP contribution < -0.4 is 0 Å². The molecule has 0 aromatic rings. The van der Waals surface area contributed by atoms with Crippen LogP contribution in [0.2, 0.25) is 0 Å². The van der Waals surface area contributed by atoms with E-state index < -0.39 is 0 Å². The molecule has 0 radical (unpaired) electrons. The van der Waals surface area contributed by atoms with Gasteiger partial charge >= 0.3 is 0 Å². The second kappa shape index (κ2) is 5.90. The summed E-state index contributed by atoms with van der Waals surface area (Å²) in [5.74, 6) is 0.0858. The Morgan fingerprint density at radius 3 is 2.55 bits per heavy atom. The maximum atomic E-state index is 10.5. The standard InChI is InChI=1S/C10H16O/c1-4-5-6-9(2)7-8-10(3)11/h7-8H,2,4-6H2,1,3H3/b8-7-. The van der Waals surface area contributed by atoms with Gasteiger partial charge in [-0.2, -0.15) is 0 Å². The molecule has 0 aromatic heterocycles. The molecule has 0 N–H and O–H groups in total. The van der Waals surface area contributed by atoms with Crippen molar-refractivity contribution in [2.75, 3.05) is 0 Å². The van der Waals surface area contributed by atoms with Gasteiger partial charge in [0, 0.05) is 0 Å². The second-order valence-corrected chi connectivity index (χ2v) is 2.71. The highest BCUT2D eigenvalue weighted by Crippen LogP contribution is 2.05. The molecule has 62 valence electrons. The van der Waals surface area contributed by atoms with Gasteiger partial charge in [-0.25, -0.2) is 0 Å². The van der Waals surface area contributed by atoms with Crippen LogP contribution in [-0.4, -0.2) is 5.78 Å². The lowest BCUT2D eigenvalue weighted by Crippen LogP contribution is -1.82. The molecule has 0 aliphatic heterocycles. The third kappa shape index (κ3) is 7.04. The molecule has 1 nitrogen and oxygen atoms in total. The van der Waals surface area contributed by atoms with E-state index in [1.54, 1.807) is 19.1 Å². The molecule has 0 atom stereocenters. The van der Waals surface area contributed by atoms with E-state index in [1.165, 1.54) is 6.42 Å². The second-order valence-electron chi connectivity index (χ2n) is 2.71. The number of allylic oxidation sites excluding steroid dienone is 3. The summed E-state index contributed by atoms with van der Waals surface area (Å²) in [5, 5.41) is 0. The monoisotopic (exact) mass is 152 g/mol. The van der Waals surface area contributed by atoms with Crippen LogP contribution in [0.5, 0.6) is 0 Å². The summed E-state index contributed by atoms with van der Waals surface area (Å²) >= 11 is 0. The first-order valence-corrected chi connectivity index (χ1v) is 4.03. The Kier molecular flexibility index (Phi) is 5.44. The zero-order chi connectivity index (χ0) is 8.69. The van der Waals surface area contributed by atoms with Crippen molar-refractivity contribution in [2.24, 2.45) is 0 Å². The Morgan fingerprint density at radius 1 is 1.45 bits per heavy atom. The zero-order valence-corrected chi connectivity index (χ0v) is 7.39. The smallest absolute Gasteiger partial charge is 0.152 e. The van der Waals surface area contributed by atoms with Crippen molar-refractivity contribution in [2.45, 2.75) is 33.1 Å². The minimum absolute atomic E-state index is 0.0858. The van der Waals surface area contributed by atoms with E-state index in [0.29, 0.717) is 0 Å². The van der Waals surface area contributed by atoms with E-state index in [4.69, 9.17) is 0 Å². The fraction of sp³-hybridized carbons (Fsp3) is 0.500. The predicted octanol–water partition coefficient (Wildman–Crippen LogP) is 2.88. The molecule has 1 heteroatoms. The zero-order valence-electron chi connectivity index (χ0n) is 7.39. The van der Waals surface area contributed by atoms with Crippen molar-refractivity contribution in [3.63, 3.8) is 0 Å². The number of hydrogen-bond acceptors (Lipinski definition) is 1. The third-order valence-corrected chi connectivity index (χ3v) is 1.41. The van der Waals surface area contributed by atoms with E-state index in [9.17, 15) is 4.79 Å². The van der Waals surface area contributed by atoms with E-state index >= 15 is 0 Å². The molecule has 0 fully saturated rings. The quantitative estimate of drug-likeness (QED) is 0.437. The van der Waals surface area contributed by atoms with Gasteiger partial charge in [0.2, 0.25) is 0 Å². The average molecular weight is 152 g/mol. The van der Waals surface area contributed by atoms with Gasteiger partial charge in [0.05, 0.1) is 0 Å². The van der Waals surface area contributed by atoms with E-state index in [1.807, 2.05) is 0 Å². The first-order chi connectivity index (χ1) is 5.16. The molecule has 0 bridgehead atoms.